The Balaban J connectivity index is 2.73. The molecule has 0 aliphatic heterocycles. The summed E-state index contributed by atoms with van der Waals surface area (Å²) in [5, 5.41) is 9.50. The fourth-order valence-corrected chi connectivity index (χ4v) is 1.18. The number of hydrogen-bond acceptors (Lipinski definition) is 3. The van der Waals surface area contributed by atoms with Gasteiger partial charge in [-0.05, 0) is 25.0 Å². The molecule has 0 fully saturated rings. The molecule has 0 amide bonds. The van der Waals surface area contributed by atoms with E-state index in [1.165, 1.54) is 6.92 Å². The van der Waals surface area contributed by atoms with Gasteiger partial charge in [-0.2, -0.15) is 0 Å². The summed E-state index contributed by atoms with van der Waals surface area (Å²) in [6.45, 7) is 3.54. The summed E-state index contributed by atoms with van der Waals surface area (Å²) >= 11 is 0. The number of carbonyl (C=O) groups is 1. The Morgan fingerprint density at radius 3 is 2.71 bits per heavy atom. The van der Waals surface area contributed by atoms with Crippen molar-refractivity contribution in [3.8, 4) is 0 Å². The summed E-state index contributed by atoms with van der Waals surface area (Å²) in [5.41, 5.74) is 0.583. The molecule has 0 radical (unpaired) electrons. The van der Waals surface area contributed by atoms with Crippen molar-refractivity contribution in [2.24, 2.45) is 0 Å². The normalized spacial score (nSPS) is 14.8. The van der Waals surface area contributed by atoms with Crippen molar-refractivity contribution in [3.63, 3.8) is 0 Å². The average molecular weight is 193 g/mol. The summed E-state index contributed by atoms with van der Waals surface area (Å²) in [5.74, 6) is 0. The van der Waals surface area contributed by atoms with Crippen LogP contribution >= 0.6 is 0 Å². The Labute approximate surface area is 83.8 Å². The van der Waals surface area contributed by atoms with Gasteiger partial charge in [0.1, 0.15) is 5.60 Å². The second-order valence-electron chi connectivity index (χ2n) is 3.66. The van der Waals surface area contributed by atoms with Crippen LogP contribution in [0, 0.1) is 0 Å². The van der Waals surface area contributed by atoms with Crippen LogP contribution in [0.1, 0.15) is 25.1 Å². The summed E-state index contributed by atoms with van der Waals surface area (Å²) in [6.07, 6.45) is 3.52. The molecule has 1 unspecified atom stereocenters. The third-order valence-electron chi connectivity index (χ3n) is 2.09. The minimum Gasteiger partial charge on any atom is -0.382 e. The molecule has 0 aliphatic rings. The van der Waals surface area contributed by atoms with Crippen molar-refractivity contribution in [2.75, 3.05) is 0 Å². The highest BCUT2D eigenvalue weighted by Crippen LogP contribution is 2.09. The van der Waals surface area contributed by atoms with E-state index in [1.54, 1.807) is 6.20 Å². The zero-order chi connectivity index (χ0) is 10.6. The molecule has 0 spiro atoms. The van der Waals surface area contributed by atoms with Gasteiger partial charge >= 0.3 is 0 Å². The van der Waals surface area contributed by atoms with Gasteiger partial charge in [0.2, 0.25) is 0 Å². The van der Waals surface area contributed by atoms with Crippen LogP contribution in [-0.4, -0.2) is 22.0 Å². The van der Waals surface area contributed by atoms with E-state index < -0.39 is 5.60 Å². The average Bonchev–Trinajstić information content (AvgIpc) is 2.19. The van der Waals surface area contributed by atoms with E-state index in [4.69, 9.17) is 0 Å². The molecule has 1 aromatic rings. The smallest absolute Gasteiger partial charge is 0.151 e. The Morgan fingerprint density at radius 2 is 2.29 bits per heavy atom. The lowest BCUT2D eigenvalue weighted by Crippen LogP contribution is -2.29. The first-order valence-electron chi connectivity index (χ1n) is 4.70. The zero-order valence-corrected chi connectivity index (χ0v) is 8.53. The second kappa shape index (κ2) is 4.33. The van der Waals surface area contributed by atoms with Gasteiger partial charge in [-0.25, -0.2) is 0 Å². The van der Waals surface area contributed by atoms with Crippen molar-refractivity contribution in [3.05, 3.63) is 29.6 Å². The molecule has 76 valence electrons. The van der Waals surface area contributed by atoms with Crippen LogP contribution in [0.2, 0.25) is 0 Å². The minimum absolute atomic E-state index is 0.264. The maximum Gasteiger partial charge on any atom is 0.151 e. The van der Waals surface area contributed by atoms with E-state index in [0.717, 1.165) is 17.7 Å². The lowest BCUT2D eigenvalue weighted by Gasteiger charge is -2.14. The number of aromatic nitrogens is 1. The van der Waals surface area contributed by atoms with Crippen molar-refractivity contribution in [2.45, 2.75) is 32.3 Å². The van der Waals surface area contributed by atoms with Crippen LogP contribution < -0.4 is 0 Å². The third-order valence-corrected chi connectivity index (χ3v) is 2.09. The Morgan fingerprint density at radius 1 is 1.57 bits per heavy atom. The first-order chi connectivity index (χ1) is 6.57. The summed E-state index contributed by atoms with van der Waals surface area (Å²) in [6, 6.07) is 3.81. The molecule has 1 atom stereocenters. The Bertz CT molecular complexity index is 304. The first-order valence-corrected chi connectivity index (χ1v) is 4.70. The molecule has 14 heavy (non-hydrogen) atoms. The molecule has 0 aliphatic carbocycles. The number of aldehydes is 1. The van der Waals surface area contributed by atoms with Crippen LogP contribution in [0.4, 0.5) is 0 Å². The lowest BCUT2D eigenvalue weighted by molar-refractivity contribution is -0.122. The largest absolute Gasteiger partial charge is 0.382 e. The van der Waals surface area contributed by atoms with E-state index >= 15 is 0 Å². The number of hydrogen-bond donors (Lipinski definition) is 1. The van der Waals surface area contributed by atoms with Crippen LogP contribution in [-0.2, 0) is 17.6 Å². The van der Waals surface area contributed by atoms with E-state index in [1.807, 2.05) is 12.1 Å². The molecule has 0 saturated carbocycles. The van der Waals surface area contributed by atoms with Gasteiger partial charge in [0.15, 0.2) is 6.29 Å². The predicted octanol–water partition coefficient (Wildman–Crippen LogP) is 1.14. The van der Waals surface area contributed by atoms with Crippen LogP contribution in [0.5, 0.6) is 0 Å². The number of pyridine rings is 1. The second-order valence-corrected chi connectivity index (χ2v) is 3.66. The maximum atomic E-state index is 10.5. The quantitative estimate of drug-likeness (QED) is 0.729. The molecule has 0 bridgehead atoms. The molecular weight excluding hydrogens is 178 g/mol. The predicted molar refractivity (Wildman–Crippen MR) is 54.0 cm³/mol. The standard InChI is InChI=1S/C11H15NO2/c1-3-9-4-5-10(12-7-9)6-11(2,14)8-13/h4-5,7-8,14H,3,6H2,1-2H3. The van der Waals surface area contributed by atoms with Gasteiger partial charge in [-0.3, -0.25) is 4.98 Å². The molecule has 3 nitrogen and oxygen atoms in total. The lowest BCUT2D eigenvalue weighted by atomic mass is 10.0. The summed E-state index contributed by atoms with van der Waals surface area (Å²) in [7, 11) is 0. The van der Waals surface area contributed by atoms with Crippen molar-refractivity contribution in [1.29, 1.82) is 0 Å². The highest BCUT2D eigenvalue weighted by molar-refractivity contribution is 5.61. The van der Waals surface area contributed by atoms with Gasteiger partial charge in [-0.1, -0.05) is 13.0 Å². The van der Waals surface area contributed by atoms with Gasteiger partial charge in [0.25, 0.3) is 0 Å². The number of rotatable bonds is 4. The maximum absolute atomic E-state index is 10.5. The number of nitrogens with zero attached hydrogens (tertiary/aromatic N) is 1. The number of aryl methyl sites for hydroxylation is 1. The van der Waals surface area contributed by atoms with Gasteiger partial charge in [0.05, 0.1) is 0 Å². The van der Waals surface area contributed by atoms with Crippen LogP contribution in [0.25, 0.3) is 0 Å². The molecule has 1 rings (SSSR count). The molecular formula is C11H15NO2. The number of aliphatic hydroxyl groups is 1. The third kappa shape index (κ3) is 2.92. The van der Waals surface area contributed by atoms with Gasteiger partial charge in [0, 0.05) is 18.3 Å². The SMILES string of the molecule is CCc1ccc(CC(C)(O)C=O)nc1. The van der Waals surface area contributed by atoms with Crippen molar-refractivity contribution < 1.29 is 9.90 Å². The van der Waals surface area contributed by atoms with E-state index in [0.29, 0.717) is 6.29 Å². The topological polar surface area (TPSA) is 50.2 Å². The van der Waals surface area contributed by atoms with Gasteiger partial charge < -0.3 is 9.90 Å². The monoisotopic (exact) mass is 193 g/mol. The van der Waals surface area contributed by atoms with Gasteiger partial charge in [-0.15, -0.1) is 0 Å². The molecule has 0 saturated heterocycles. The Hall–Kier alpha value is -1.22. The zero-order valence-electron chi connectivity index (χ0n) is 8.53. The first kappa shape index (κ1) is 10.9. The Kier molecular flexibility index (Phi) is 3.36. The fraction of sp³-hybridized carbons (Fsp3) is 0.455. The summed E-state index contributed by atoms with van der Waals surface area (Å²) < 4.78 is 0. The van der Waals surface area contributed by atoms with Crippen LogP contribution in [0.15, 0.2) is 18.3 Å². The van der Waals surface area contributed by atoms with Crippen molar-refractivity contribution >= 4 is 6.29 Å². The highest BCUT2D eigenvalue weighted by Gasteiger charge is 2.19. The highest BCUT2D eigenvalue weighted by atomic mass is 16.3. The van der Waals surface area contributed by atoms with E-state index in [9.17, 15) is 9.90 Å². The molecule has 1 N–H and O–H groups in total. The molecule has 1 heterocycles. The summed E-state index contributed by atoms with van der Waals surface area (Å²) in [4.78, 5) is 14.6. The fourth-order valence-electron chi connectivity index (χ4n) is 1.18. The minimum atomic E-state index is -1.30. The van der Waals surface area contributed by atoms with Crippen LogP contribution in [0.3, 0.4) is 0 Å². The van der Waals surface area contributed by atoms with Crippen molar-refractivity contribution in [1.82, 2.24) is 4.98 Å². The number of carbonyl (C=O) groups excluding carboxylic acids is 1. The molecule has 0 aromatic carbocycles. The molecule has 1 aromatic heterocycles. The van der Waals surface area contributed by atoms with E-state index in [2.05, 4.69) is 11.9 Å². The molecule has 3 heteroatoms. The van der Waals surface area contributed by atoms with E-state index in [-0.39, 0.29) is 6.42 Å².